The topological polar surface area (TPSA) is 110 Å². The van der Waals surface area contributed by atoms with Crippen molar-refractivity contribution >= 4 is 32.9 Å². The van der Waals surface area contributed by atoms with E-state index in [1.165, 1.54) is 25.6 Å². The Balaban J connectivity index is 2.37. The summed E-state index contributed by atoms with van der Waals surface area (Å²) in [6.45, 7) is 0. The fraction of sp³-hybridized carbons (Fsp3) is 0.0909. The molecule has 0 saturated heterocycles. The highest BCUT2D eigenvalue weighted by Crippen LogP contribution is 2.27. The zero-order valence-corrected chi connectivity index (χ0v) is 12.1. The summed E-state index contributed by atoms with van der Waals surface area (Å²) in [6, 6.07) is 4.71. The molecule has 7 nitrogen and oxygen atoms in total. The maximum absolute atomic E-state index is 12.1. The highest BCUT2D eigenvalue weighted by molar-refractivity contribution is 7.92. The maximum atomic E-state index is 12.1. The number of hydrogen-bond donors (Lipinski definition) is 3. The molecule has 0 aliphatic heterocycles. The van der Waals surface area contributed by atoms with Crippen molar-refractivity contribution in [2.45, 2.75) is 4.90 Å². The van der Waals surface area contributed by atoms with Crippen LogP contribution in [-0.2, 0) is 10.0 Å². The van der Waals surface area contributed by atoms with Crippen LogP contribution in [0.4, 0.5) is 5.69 Å². The SMILES string of the molecule is COc1cc(C(N)=S)ccc1NS(=O)(=O)c1cn[nH]c1. The van der Waals surface area contributed by atoms with Gasteiger partial charge in [-0.05, 0) is 18.2 Å². The van der Waals surface area contributed by atoms with Gasteiger partial charge < -0.3 is 10.5 Å². The number of nitrogens with two attached hydrogens (primary N) is 1. The molecule has 4 N–H and O–H groups in total. The lowest BCUT2D eigenvalue weighted by Crippen LogP contribution is -2.14. The summed E-state index contributed by atoms with van der Waals surface area (Å²) in [6.07, 6.45) is 2.48. The molecule has 0 spiro atoms. The number of nitrogens with one attached hydrogen (secondary N) is 2. The Morgan fingerprint density at radius 1 is 1.50 bits per heavy atom. The summed E-state index contributed by atoms with van der Waals surface area (Å²) in [4.78, 5) is 0.227. The monoisotopic (exact) mass is 312 g/mol. The van der Waals surface area contributed by atoms with Gasteiger partial charge in [0, 0.05) is 11.8 Å². The number of thiocarbonyl (C=S) groups is 1. The number of aromatic amines is 1. The van der Waals surface area contributed by atoms with E-state index in [4.69, 9.17) is 22.7 Å². The van der Waals surface area contributed by atoms with Gasteiger partial charge in [0.25, 0.3) is 10.0 Å². The lowest BCUT2D eigenvalue weighted by molar-refractivity contribution is 0.417. The second kappa shape index (κ2) is 5.47. The van der Waals surface area contributed by atoms with Crippen LogP contribution >= 0.6 is 12.2 Å². The van der Waals surface area contributed by atoms with Gasteiger partial charge in [0.2, 0.25) is 0 Å². The fourth-order valence-corrected chi connectivity index (χ4v) is 2.62. The molecule has 9 heteroatoms. The van der Waals surface area contributed by atoms with E-state index in [-0.39, 0.29) is 15.6 Å². The van der Waals surface area contributed by atoms with Crippen molar-refractivity contribution in [2.75, 3.05) is 11.8 Å². The van der Waals surface area contributed by atoms with Crippen molar-refractivity contribution in [1.82, 2.24) is 10.2 Å². The first kappa shape index (κ1) is 14.3. The first-order chi connectivity index (χ1) is 9.44. The predicted octanol–water partition coefficient (Wildman–Crippen LogP) is 0.853. The number of hydrogen-bond acceptors (Lipinski definition) is 5. The zero-order chi connectivity index (χ0) is 14.8. The minimum atomic E-state index is -3.72. The van der Waals surface area contributed by atoms with E-state index < -0.39 is 10.0 Å². The van der Waals surface area contributed by atoms with Gasteiger partial charge in [0.1, 0.15) is 15.6 Å². The molecule has 106 valence electrons. The van der Waals surface area contributed by atoms with Crippen molar-refractivity contribution in [3.05, 3.63) is 36.2 Å². The summed E-state index contributed by atoms with van der Waals surface area (Å²) in [5.74, 6) is 0.322. The van der Waals surface area contributed by atoms with Crippen LogP contribution in [0.25, 0.3) is 0 Å². The lowest BCUT2D eigenvalue weighted by Gasteiger charge is -2.12. The van der Waals surface area contributed by atoms with Gasteiger partial charge >= 0.3 is 0 Å². The number of H-pyrrole nitrogens is 1. The number of ether oxygens (including phenoxy) is 1. The highest BCUT2D eigenvalue weighted by Gasteiger charge is 2.17. The van der Waals surface area contributed by atoms with Crippen LogP contribution in [0.15, 0.2) is 35.5 Å². The first-order valence-corrected chi connectivity index (χ1v) is 7.32. The quantitative estimate of drug-likeness (QED) is 0.706. The molecule has 0 aliphatic carbocycles. The van der Waals surface area contributed by atoms with Crippen LogP contribution in [0.5, 0.6) is 5.75 Å². The standard InChI is InChI=1S/C11H12N4O3S2/c1-18-10-4-7(11(12)19)2-3-9(10)15-20(16,17)8-5-13-14-6-8/h2-6,15H,1H3,(H2,12,19)(H,13,14). The molecule has 1 heterocycles. The molecule has 20 heavy (non-hydrogen) atoms. The minimum Gasteiger partial charge on any atom is -0.495 e. The summed E-state index contributed by atoms with van der Waals surface area (Å²) in [7, 11) is -2.30. The lowest BCUT2D eigenvalue weighted by atomic mass is 10.2. The van der Waals surface area contributed by atoms with E-state index >= 15 is 0 Å². The van der Waals surface area contributed by atoms with E-state index in [2.05, 4.69) is 14.9 Å². The summed E-state index contributed by atoms with van der Waals surface area (Å²) in [5, 5.41) is 6.04. The van der Waals surface area contributed by atoms with Gasteiger partial charge in [0.05, 0.1) is 19.0 Å². The minimum absolute atomic E-state index is 0.0259. The number of sulfonamides is 1. The van der Waals surface area contributed by atoms with E-state index in [9.17, 15) is 8.42 Å². The largest absolute Gasteiger partial charge is 0.495 e. The average molecular weight is 312 g/mol. The third-order valence-electron chi connectivity index (χ3n) is 2.51. The van der Waals surface area contributed by atoms with Crippen molar-refractivity contribution in [3.8, 4) is 5.75 Å². The number of benzene rings is 1. The number of nitrogens with zero attached hydrogens (tertiary/aromatic N) is 1. The van der Waals surface area contributed by atoms with Gasteiger partial charge in [-0.3, -0.25) is 9.82 Å². The Labute approximate surface area is 121 Å². The Bertz CT molecular complexity index is 726. The Kier molecular flexibility index (Phi) is 3.91. The first-order valence-electron chi connectivity index (χ1n) is 5.43. The number of aromatic nitrogens is 2. The van der Waals surface area contributed by atoms with Gasteiger partial charge in [-0.2, -0.15) is 5.10 Å². The summed E-state index contributed by atoms with van der Waals surface area (Å²) >= 11 is 4.86. The van der Waals surface area contributed by atoms with E-state index in [0.717, 1.165) is 0 Å². The van der Waals surface area contributed by atoms with Crippen molar-refractivity contribution in [2.24, 2.45) is 5.73 Å². The molecule has 1 aromatic heterocycles. The molecule has 2 aromatic rings. The Morgan fingerprint density at radius 3 is 2.80 bits per heavy atom. The summed E-state index contributed by atoms with van der Waals surface area (Å²) in [5.41, 5.74) is 6.39. The highest BCUT2D eigenvalue weighted by atomic mass is 32.2. The second-order valence-electron chi connectivity index (χ2n) is 3.82. The third kappa shape index (κ3) is 2.89. The number of methoxy groups -OCH3 is 1. The Hall–Kier alpha value is -2.13. The maximum Gasteiger partial charge on any atom is 0.265 e. The van der Waals surface area contributed by atoms with Crippen molar-refractivity contribution in [3.63, 3.8) is 0 Å². The molecule has 1 aromatic carbocycles. The smallest absolute Gasteiger partial charge is 0.265 e. The Morgan fingerprint density at radius 2 is 2.25 bits per heavy atom. The molecule has 2 rings (SSSR count). The normalized spacial score (nSPS) is 11.1. The van der Waals surface area contributed by atoms with Gasteiger partial charge in [0.15, 0.2) is 0 Å². The van der Waals surface area contributed by atoms with Crippen LogP contribution < -0.4 is 15.2 Å². The van der Waals surface area contributed by atoms with Crippen LogP contribution in [0.1, 0.15) is 5.56 Å². The average Bonchev–Trinajstić information content (AvgIpc) is 2.93. The third-order valence-corrected chi connectivity index (χ3v) is 4.08. The predicted molar refractivity (Wildman–Crippen MR) is 78.3 cm³/mol. The van der Waals surface area contributed by atoms with Gasteiger partial charge in [-0.1, -0.05) is 12.2 Å². The van der Waals surface area contributed by atoms with Crippen LogP contribution in [0.2, 0.25) is 0 Å². The molecule has 0 unspecified atom stereocenters. The van der Waals surface area contributed by atoms with E-state index in [1.54, 1.807) is 12.1 Å². The van der Waals surface area contributed by atoms with Gasteiger partial charge in [-0.15, -0.1) is 0 Å². The van der Waals surface area contributed by atoms with E-state index in [0.29, 0.717) is 11.3 Å². The van der Waals surface area contributed by atoms with Crippen LogP contribution in [0.3, 0.4) is 0 Å². The molecule has 0 aliphatic rings. The zero-order valence-electron chi connectivity index (χ0n) is 10.5. The fourth-order valence-electron chi connectivity index (χ4n) is 1.52. The van der Waals surface area contributed by atoms with Crippen molar-refractivity contribution in [1.29, 1.82) is 0 Å². The van der Waals surface area contributed by atoms with Crippen molar-refractivity contribution < 1.29 is 13.2 Å². The number of rotatable bonds is 5. The molecule has 0 radical (unpaired) electrons. The van der Waals surface area contributed by atoms with Gasteiger partial charge in [-0.25, -0.2) is 8.42 Å². The number of anilines is 1. The second-order valence-corrected chi connectivity index (χ2v) is 5.94. The molecule has 0 atom stereocenters. The molecule has 0 amide bonds. The molecule has 0 fully saturated rings. The summed E-state index contributed by atoms with van der Waals surface area (Å²) < 4.78 is 31.7. The van der Waals surface area contributed by atoms with Crippen LogP contribution in [-0.4, -0.2) is 30.7 Å². The molecular formula is C11H12N4O3S2. The van der Waals surface area contributed by atoms with Crippen LogP contribution in [0, 0.1) is 0 Å². The molecular weight excluding hydrogens is 300 g/mol. The molecule has 0 saturated carbocycles. The van der Waals surface area contributed by atoms with E-state index in [1.807, 2.05) is 0 Å². The molecule has 0 bridgehead atoms.